The molecule has 0 aromatic rings. The van der Waals surface area contributed by atoms with Crippen molar-refractivity contribution >= 4 is 10.8 Å². The van der Waals surface area contributed by atoms with Gasteiger partial charge in [0.25, 0.3) is 0 Å². The summed E-state index contributed by atoms with van der Waals surface area (Å²) in [6.45, 7) is 0. The van der Waals surface area contributed by atoms with Gasteiger partial charge >= 0.3 is 0 Å². The molecule has 0 saturated heterocycles. The number of hydrogen-bond acceptors (Lipinski definition) is 2. The summed E-state index contributed by atoms with van der Waals surface area (Å²) in [5, 5.41) is 0.993. The van der Waals surface area contributed by atoms with Gasteiger partial charge in [0, 0.05) is 0 Å². The summed E-state index contributed by atoms with van der Waals surface area (Å²) in [7, 11) is -4.00. The molecule has 0 bridgehead atoms. The van der Waals surface area contributed by atoms with Gasteiger partial charge in [0.2, 0.25) is 0 Å². The molecule has 0 unspecified atom stereocenters. The molecule has 26 valence electrons. The van der Waals surface area contributed by atoms with E-state index < -0.39 is 10.8 Å². The Balaban J connectivity index is 3.85. The maximum atomic E-state index is 9.37. The van der Waals surface area contributed by atoms with E-state index in [4.69, 9.17) is 2.54 Å². The van der Waals surface area contributed by atoms with Crippen LogP contribution in [0.4, 0.5) is 0 Å². The molecule has 0 atom stereocenters. The second kappa shape index (κ2) is 1.25. The van der Waals surface area contributed by atoms with E-state index in [0.717, 1.165) is 5.13 Å². The van der Waals surface area contributed by atoms with Crippen LogP contribution in [0.15, 0.2) is 0 Å². The van der Waals surface area contributed by atoms with E-state index >= 15 is 0 Å². The van der Waals surface area contributed by atoms with Crippen molar-refractivity contribution in [3.05, 3.63) is 0 Å². The maximum absolute atomic E-state index is 9.37. The summed E-state index contributed by atoms with van der Waals surface area (Å²) in [6.07, 6.45) is 0. The van der Waals surface area contributed by atoms with E-state index in [1.165, 1.54) is 0 Å². The Labute approximate surface area is 28.1 Å². The predicted octanol–water partition coefficient (Wildman–Crippen LogP) is -1.53. The zero-order valence-electron chi connectivity index (χ0n) is 3.72. The third kappa shape index (κ3) is 195. The first-order valence-corrected chi connectivity index (χ1v) is 1.61. The lowest BCUT2D eigenvalue weighted by Crippen LogP contribution is -1.85. The van der Waals surface area contributed by atoms with E-state index in [9.17, 15) is 8.42 Å². The van der Waals surface area contributed by atoms with Gasteiger partial charge in [-0.15, -0.1) is 0 Å². The first kappa shape index (κ1) is 1.37. The van der Waals surface area contributed by atoms with Gasteiger partial charge in [0.1, 0.15) is 1.41 Å². The van der Waals surface area contributed by atoms with Crippen molar-refractivity contribution < 1.29 is 9.83 Å². The summed E-state index contributed by atoms with van der Waals surface area (Å²) < 4.78 is 30.4. The summed E-state index contributed by atoms with van der Waals surface area (Å²) in [6, 6.07) is 0. The highest BCUT2D eigenvalue weighted by molar-refractivity contribution is 7.69. The van der Waals surface area contributed by atoms with Crippen LogP contribution in [0.25, 0.3) is 0 Å². The fourth-order valence-electron chi connectivity index (χ4n) is 0. The zero-order valence-corrected chi connectivity index (χ0v) is 2.54. The molecule has 0 rings (SSSR count). The standard InChI is InChI=1S/H3NO2S/c1-4(2)3/h4H,(H2,1,2,3)/i4D/hD. The molecule has 0 aromatic carbocycles. The molecule has 4 heavy (non-hydrogen) atoms. The largest absolute Gasteiger partial charge is 0.231 e. The third-order valence-electron chi connectivity index (χ3n) is 0. The van der Waals surface area contributed by atoms with Gasteiger partial charge < -0.3 is 0 Å². The highest BCUT2D eigenvalue weighted by Crippen LogP contribution is 1.14. The van der Waals surface area contributed by atoms with Crippen molar-refractivity contribution in [2.24, 2.45) is 5.13 Å². The lowest BCUT2D eigenvalue weighted by Gasteiger charge is -1.44. The predicted molar refractivity (Wildman–Crippen MR) is 14.5 cm³/mol. The Morgan fingerprint density at radius 1 is 2.25 bits per heavy atom. The Morgan fingerprint density at radius 3 is 2.50 bits per heavy atom. The average Bonchev–Trinajstić information content (AvgIpc) is 1.35. The van der Waals surface area contributed by atoms with Crippen LogP contribution < -0.4 is 5.13 Å². The Bertz CT molecular complexity index is 114. The van der Waals surface area contributed by atoms with E-state index in [0.29, 0.717) is 0 Å². The lowest BCUT2D eigenvalue weighted by molar-refractivity contribution is 0.616. The van der Waals surface area contributed by atoms with Crippen molar-refractivity contribution in [3.8, 4) is 0 Å². The van der Waals surface area contributed by atoms with Crippen LogP contribution in [0.3, 0.4) is 0 Å². The molecule has 0 radical (unpaired) electrons. The maximum Gasteiger partial charge on any atom is 0.198 e. The molecule has 0 aliphatic carbocycles. The van der Waals surface area contributed by atoms with Crippen LogP contribution in [0, 0.1) is 0 Å². The molecule has 0 aliphatic heterocycles. The van der Waals surface area contributed by atoms with Gasteiger partial charge in [-0.3, -0.25) is 0 Å². The molecular formula is H3NO2S. The normalized spacial score (nSPS) is 18.0. The summed E-state index contributed by atoms with van der Waals surface area (Å²) in [5.41, 5.74) is 0. The van der Waals surface area contributed by atoms with Gasteiger partial charge in [-0.05, 0) is 0 Å². The molecule has 0 spiro atoms. The average molecular weight is 83.1 g/mol. The van der Waals surface area contributed by atoms with E-state index in [1.807, 2.05) is 0 Å². The summed E-state index contributed by atoms with van der Waals surface area (Å²) >= 11 is 0. The van der Waals surface area contributed by atoms with Gasteiger partial charge in [-0.1, -0.05) is 0 Å². The molecule has 2 N–H and O–H groups in total. The third-order valence-corrected chi connectivity index (χ3v) is 0. The number of rotatable bonds is 1. The van der Waals surface area contributed by atoms with Crippen LogP contribution in [-0.2, 0) is 10.8 Å². The van der Waals surface area contributed by atoms with Crippen LogP contribution >= 0.6 is 0 Å². The first-order chi connectivity index (χ1) is 2.56. The quantitative estimate of drug-likeness (QED) is 0.378. The number of nitrogens with two attached hydrogens (primary N) is 1. The topological polar surface area (TPSA) is 60.2 Å². The monoisotopic (exact) mass is 83.0 g/mol. The molecular weight excluding hydrogens is 78.1 g/mol. The van der Waals surface area contributed by atoms with Crippen LogP contribution in [0.1, 0.15) is 0 Å². The number of thiol groups is 1. The molecule has 0 saturated carbocycles. The minimum absolute atomic E-state index is 0.993. The van der Waals surface area contributed by atoms with Gasteiger partial charge in [0.15, 0.2) is 11.9 Å². The summed E-state index contributed by atoms with van der Waals surface area (Å²) in [4.78, 5) is 0. The van der Waals surface area contributed by atoms with Crippen LogP contribution in [-0.4, -0.2) is 9.54 Å². The Hall–Kier alpha value is -0.0900. The lowest BCUT2D eigenvalue weighted by atomic mass is 14.0. The SMILES string of the molecule is [2H]NS([2H])(=O)=O. The van der Waals surface area contributed by atoms with E-state index in [1.54, 1.807) is 0 Å². The van der Waals surface area contributed by atoms with Gasteiger partial charge in [-0.2, -0.15) is 0 Å². The van der Waals surface area contributed by atoms with Crippen LogP contribution in [0.5, 0.6) is 0 Å². The second-order valence-electron chi connectivity index (χ2n) is 0.235. The Morgan fingerprint density at radius 2 is 2.50 bits per heavy atom. The molecule has 0 aromatic heterocycles. The highest BCUT2D eigenvalue weighted by atomic mass is 32.2. The first-order valence-electron chi connectivity index (χ1n) is 1.45. The molecule has 4 heteroatoms. The molecule has 0 fully saturated rings. The molecule has 0 amide bonds. The highest BCUT2D eigenvalue weighted by Gasteiger charge is 1.42. The molecule has 0 heterocycles. The fourth-order valence-corrected chi connectivity index (χ4v) is 0. The van der Waals surface area contributed by atoms with Crippen molar-refractivity contribution in [2.45, 2.75) is 0 Å². The fraction of sp³-hybridized carbons (Fsp3) is 0. The molecule has 0 aliphatic rings. The minimum atomic E-state index is -4.00. The summed E-state index contributed by atoms with van der Waals surface area (Å²) in [5.74, 6) is 0. The van der Waals surface area contributed by atoms with Gasteiger partial charge in [-0.25, -0.2) is 13.5 Å². The smallest absolute Gasteiger partial charge is 0.198 e. The number of hydrogen-bond donors (Lipinski definition) is 2. The van der Waals surface area contributed by atoms with Crippen molar-refractivity contribution in [2.75, 3.05) is 0 Å². The van der Waals surface area contributed by atoms with Gasteiger partial charge in [0.05, 0.1) is 0 Å². The van der Waals surface area contributed by atoms with Crippen LogP contribution in [0.2, 0.25) is 1.41 Å². The second-order valence-corrected chi connectivity index (χ2v) is 0.704. The Kier molecular flexibility index (Phi) is 0.430. The van der Waals surface area contributed by atoms with Crippen molar-refractivity contribution in [1.82, 2.24) is 0 Å². The van der Waals surface area contributed by atoms with Crippen molar-refractivity contribution in [3.63, 3.8) is 0 Å². The minimum Gasteiger partial charge on any atom is -0.231 e. The van der Waals surface area contributed by atoms with Crippen molar-refractivity contribution in [1.29, 1.82) is 1.12 Å². The van der Waals surface area contributed by atoms with E-state index in [-0.39, 0.29) is 0 Å². The zero-order chi connectivity index (χ0) is 5.21. The van der Waals surface area contributed by atoms with E-state index in [2.05, 4.69) is 0 Å². The molecule has 3 nitrogen and oxygen atoms in total.